The van der Waals surface area contributed by atoms with Gasteiger partial charge in [0.1, 0.15) is 0 Å². The van der Waals surface area contributed by atoms with Crippen LogP contribution in [-0.4, -0.2) is 39.2 Å². The van der Waals surface area contributed by atoms with Crippen molar-refractivity contribution in [2.45, 2.75) is 31.7 Å². The molecule has 0 spiro atoms. The van der Waals surface area contributed by atoms with E-state index < -0.39 is 0 Å². The molecule has 1 aliphatic carbocycles. The zero-order chi connectivity index (χ0) is 15.6. The zero-order valence-electron chi connectivity index (χ0n) is 12.9. The van der Waals surface area contributed by atoms with Crippen molar-refractivity contribution in [3.8, 4) is 11.4 Å². The molecule has 0 unspecified atom stereocenters. The summed E-state index contributed by atoms with van der Waals surface area (Å²) in [7, 11) is 0. The van der Waals surface area contributed by atoms with Crippen molar-refractivity contribution in [1.29, 1.82) is 0 Å². The Morgan fingerprint density at radius 1 is 1.22 bits per heavy atom. The van der Waals surface area contributed by atoms with Gasteiger partial charge in [0.25, 0.3) is 0 Å². The summed E-state index contributed by atoms with van der Waals surface area (Å²) in [6.45, 7) is 1.82. The first-order valence-electron chi connectivity index (χ1n) is 8.21. The predicted molar refractivity (Wildman–Crippen MR) is 85.7 cm³/mol. The fourth-order valence-electron chi connectivity index (χ4n) is 3.01. The van der Waals surface area contributed by atoms with E-state index in [-0.39, 0.29) is 11.8 Å². The van der Waals surface area contributed by atoms with E-state index in [4.69, 9.17) is 0 Å². The van der Waals surface area contributed by atoms with Gasteiger partial charge in [-0.1, -0.05) is 12.1 Å². The average Bonchev–Trinajstić information content (AvgIpc) is 3.32. The van der Waals surface area contributed by atoms with Crippen LogP contribution in [0.15, 0.2) is 24.3 Å². The second kappa shape index (κ2) is 6.08. The second-order valence-electron chi connectivity index (χ2n) is 6.27. The fraction of sp³-hybridized carbons (Fsp3) is 0.500. The first-order valence-corrected chi connectivity index (χ1v) is 8.21. The first kappa shape index (κ1) is 14.3. The number of aromatic nitrogens is 4. The fourth-order valence-corrected chi connectivity index (χ4v) is 3.01. The molecule has 2 aromatic rings. The van der Waals surface area contributed by atoms with Gasteiger partial charge in [-0.3, -0.25) is 4.79 Å². The summed E-state index contributed by atoms with van der Waals surface area (Å²) in [5.41, 5.74) is 1.74. The lowest BCUT2D eigenvalue weighted by atomic mass is 9.97. The highest BCUT2D eigenvalue weighted by Crippen LogP contribution is 2.36. The second-order valence-corrected chi connectivity index (χ2v) is 6.27. The first-order chi connectivity index (χ1) is 11.3. The molecule has 2 heterocycles. The summed E-state index contributed by atoms with van der Waals surface area (Å²) in [6.07, 6.45) is 4.05. The van der Waals surface area contributed by atoms with Crippen LogP contribution in [0.3, 0.4) is 0 Å². The molecule has 2 N–H and O–H groups in total. The maximum atomic E-state index is 12.4. The van der Waals surface area contributed by atoms with E-state index >= 15 is 0 Å². The van der Waals surface area contributed by atoms with Crippen LogP contribution in [0.5, 0.6) is 0 Å². The highest BCUT2D eigenvalue weighted by atomic mass is 16.1. The molecular weight excluding hydrogens is 292 g/mol. The van der Waals surface area contributed by atoms with Crippen LogP contribution in [-0.2, 0) is 4.79 Å². The smallest absolute Gasteiger partial charge is 0.227 e. The van der Waals surface area contributed by atoms with Crippen LogP contribution >= 0.6 is 0 Å². The zero-order valence-corrected chi connectivity index (χ0v) is 12.9. The molecule has 7 nitrogen and oxygen atoms in total. The third-order valence-corrected chi connectivity index (χ3v) is 4.48. The van der Waals surface area contributed by atoms with Crippen LogP contribution in [0.4, 0.5) is 5.69 Å². The number of nitrogens with zero attached hydrogens (tertiary/aromatic N) is 4. The summed E-state index contributed by atoms with van der Waals surface area (Å²) < 4.78 is 1.88. The quantitative estimate of drug-likeness (QED) is 0.896. The van der Waals surface area contributed by atoms with Crippen LogP contribution < -0.4 is 10.6 Å². The topological polar surface area (TPSA) is 84.7 Å². The van der Waals surface area contributed by atoms with Crippen molar-refractivity contribution in [2.24, 2.45) is 5.92 Å². The lowest BCUT2D eigenvalue weighted by Gasteiger charge is -2.21. The highest BCUT2D eigenvalue weighted by Gasteiger charge is 2.28. The van der Waals surface area contributed by atoms with Crippen LogP contribution in [0.1, 0.15) is 31.7 Å². The van der Waals surface area contributed by atoms with Gasteiger partial charge in [-0.05, 0) is 61.3 Å². The molecule has 1 saturated carbocycles. The molecular formula is C16H20N6O. The lowest BCUT2D eigenvalue weighted by Crippen LogP contribution is -2.34. The molecule has 2 fully saturated rings. The molecule has 0 radical (unpaired) electrons. The number of nitrogens with one attached hydrogen (secondary N) is 2. The van der Waals surface area contributed by atoms with Gasteiger partial charge < -0.3 is 10.6 Å². The summed E-state index contributed by atoms with van der Waals surface area (Å²) in [4.78, 5) is 12.4. The van der Waals surface area contributed by atoms with Crippen molar-refractivity contribution < 1.29 is 4.79 Å². The maximum absolute atomic E-state index is 12.4. The third-order valence-electron chi connectivity index (χ3n) is 4.48. The van der Waals surface area contributed by atoms with Crippen LogP contribution in [0, 0.1) is 5.92 Å². The monoisotopic (exact) mass is 312 g/mol. The Labute approximate surface area is 134 Å². The Balaban J connectivity index is 1.51. The Hall–Kier alpha value is -2.28. The SMILES string of the molecule is O=C(Nc1cccc(-c2nnnn2C2CC2)c1)C1CCNCC1. The summed E-state index contributed by atoms with van der Waals surface area (Å²) in [6, 6.07) is 8.19. The largest absolute Gasteiger partial charge is 0.326 e. The molecule has 1 saturated heterocycles. The highest BCUT2D eigenvalue weighted by molar-refractivity contribution is 5.93. The van der Waals surface area contributed by atoms with Crippen molar-refractivity contribution >= 4 is 11.6 Å². The molecule has 1 aliphatic heterocycles. The Morgan fingerprint density at radius 3 is 2.83 bits per heavy atom. The number of tetrazole rings is 1. The van der Waals surface area contributed by atoms with E-state index in [1.807, 2.05) is 28.9 Å². The van der Waals surface area contributed by atoms with Gasteiger partial charge in [-0.2, -0.15) is 0 Å². The van der Waals surface area contributed by atoms with E-state index in [1.54, 1.807) is 0 Å². The number of anilines is 1. The van der Waals surface area contributed by atoms with Crippen LogP contribution in [0.25, 0.3) is 11.4 Å². The molecule has 2 aliphatic rings. The average molecular weight is 312 g/mol. The Bertz CT molecular complexity index is 702. The molecule has 0 atom stereocenters. The Kier molecular flexibility index (Phi) is 3.78. The van der Waals surface area contributed by atoms with Crippen molar-refractivity contribution in [2.75, 3.05) is 18.4 Å². The molecule has 120 valence electrons. The van der Waals surface area contributed by atoms with Crippen molar-refractivity contribution in [3.63, 3.8) is 0 Å². The van der Waals surface area contributed by atoms with Crippen molar-refractivity contribution in [1.82, 2.24) is 25.5 Å². The normalized spacial score (nSPS) is 18.8. The van der Waals surface area contributed by atoms with Gasteiger partial charge >= 0.3 is 0 Å². The number of carbonyl (C=O) groups excluding carboxylic acids is 1. The van der Waals surface area contributed by atoms with E-state index in [1.165, 1.54) is 0 Å². The summed E-state index contributed by atoms with van der Waals surface area (Å²) in [5, 5.41) is 18.3. The van der Waals surface area contributed by atoms with Crippen molar-refractivity contribution in [3.05, 3.63) is 24.3 Å². The molecule has 1 aromatic carbocycles. The van der Waals surface area contributed by atoms with E-state index in [9.17, 15) is 4.79 Å². The number of piperidine rings is 1. The maximum Gasteiger partial charge on any atom is 0.227 e. The van der Waals surface area contributed by atoms with Gasteiger partial charge in [0.05, 0.1) is 6.04 Å². The van der Waals surface area contributed by atoms with E-state index in [2.05, 4.69) is 26.2 Å². The molecule has 1 amide bonds. The minimum Gasteiger partial charge on any atom is -0.326 e. The Morgan fingerprint density at radius 2 is 2.04 bits per heavy atom. The number of amides is 1. The number of rotatable bonds is 4. The summed E-state index contributed by atoms with van der Waals surface area (Å²) in [5.74, 6) is 0.965. The van der Waals surface area contributed by atoms with Crippen LogP contribution in [0.2, 0.25) is 0 Å². The minimum absolute atomic E-state index is 0.0942. The number of carbonyl (C=O) groups is 1. The van der Waals surface area contributed by atoms with Gasteiger partial charge in [0, 0.05) is 17.2 Å². The number of hydrogen-bond acceptors (Lipinski definition) is 5. The number of hydrogen-bond donors (Lipinski definition) is 2. The van der Waals surface area contributed by atoms with Gasteiger partial charge in [-0.25, -0.2) is 4.68 Å². The molecule has 1 aromatic heterocycles. The lowest BCUT2D eigenvalue weighted by molar-refractivity contribution is -0.120. The third kappa shape index (κ3) is 3.10. The molecule has 7 heteroatoms. The van der Waals surface area contributed by atoms with E-state index in [0.717, 1.165) is 55.8 Å². The number of benzene rings is 1. The molecule has 4 rings (SSSR count). The summed E-state index contributed by atoms with van der Waals surface area (Å²) >= 11 is 0. The van der Waals surface area contributed by atoms with Gasteiger partial charge in [-0.15, -0.1) is 5.10 Å². The van der Waals surface area contributed by atoms with Gasteiger partial charge in [0.15, 0.2) is 5.82 Å². The minimum atomic E-state index is 0.0942. The van der Waals surface area contributed by atoms with E-state index in [0.29, 0.717) is 6.04 Å². The predicted octanol–water partition coefficient (Wildman–Crippen LogP) is 1.61. The molecule has 23 heavy (non-hydrogen) atoms. The standard InChI is InChI=1S/C16H20N6O/c23-16(11-6-8-17-9-7-11)18-13-3-1-2-12(10-13)15-19-20-21-22(15)14-4-5-14/h1-3,10-11,14,17H,4-9H2,(H,18,23). The van der Waals surface area contributed by atoms with Gasteiger partial charge in [0.2, 0.25) is 5.91 Å². The molecule has 0 bridgehead atoms.